The SMILES string of the molecule is CCCC1CC1Nc1cccc(F)c1N. The van der Waals surface area contributed by atoms with Crippen LogP contribution in [-0.4, -0.2) is 6.04 Å². The van der Waals surface area contributed by atoms with Crippen molar-refractivity contribution in [3.63, 3.8) is 0 Å². The monoisotopic (exact) mass is 208 g/mol. The Hall–Kier alpha value is -1.25. The summed E-state index contributed by atoms with van der Waals surface area (Å²) in [5.74, 6) is 0.408. The number of nitrogens with two attached hydrogens (primary N) is 1. The molecule has 3 N–H and O–H groups in total. The maximum Gasteiger partial charge on any atom is 0.148 e. The fourth-order valence-corrected chi connectivity index (χ4v) is 1.98. The number of para-hydroxylation sites is 1. The summed E-state index contributed by atoms with van der Waals surface area (Å²) < 4.78 is 13.1. The second kappa shape index (κ2) is 4.09. The fourth-order valence-electron chi connectivity index (χ4n) is 1.98. The van der Waals surface area contributed by atoms with Crippen molar-refractivity contribution in [3.05, 3.63) is 24.0 Å². The summed E-state index contributed by atoms with van der Waals surface area (Å²) in [5, 5.41) is 3.29. The van der Waals surface area contributed by atoms with Gasteiger partial charge in [-0.2, -0.15) is 0 Å². The Bertz CT molecular complexity index is 351. The van der Waals surface area contributed by atoms with Gasteiger partial charge in [0.15, 0.2) is 0 Å². The Kier molecular flexibility index (Phi) is 2.80. The second-order valence-electron chi connectivity index (χ2n) is 4.24. The minimum absolute atomic E-state index is 0.236. The number of nitrogen functional groups attached to an aromatic ring is 1. The van der Waals surface area contributed by atoms with Gasteiger partial charge in [-0.3, -0.25) is 0 Å². The minimum Gasteiger partial charge on any atom is -0.395 e. The Balaban J connectivity index is 1.98. The van der Waals surface area contributed by atoms with Crippen LogP contribution in [0.1, 0.15) is 26.2 Å². The topological polar surface area (TPSA) is 38.0 Å². The Morgan fingerprint density at radius 2 is 2.33 bits per heavy atom. The first-order valence-electron chi connectivity index (χ1n) is 5.53. The molecular formula is C12H17FN2. The summed E-state index contributed by atoms with van der Waals surface area (Å²) in [7, 11) is 0. The molecule has 1 aromatic rings. The van der Waals surface area contributed by atoms with E-state index in [0.29, 0.717) is 6.04 Å². The van der Waals surface area contributed by atoms with Crippen LogP contribution >= 0.6 is 0 Å². The van der Waals surface area contributed by atoms with Crippen molar-refractivity contribution in [1.82, 2.24) is 0 Å². The molecule has 0 heterocycles. The number of halogens is 1. The van der Waals surface area contributed by atoms with E-state index < -0.39 is 0 Å². The highest BCUT2D eigenvalue weighted by Crippen LogP contribution is 2.38. The molecule has 0 aromatic heterocycles. The molecule has 2 rings (SSSR count). The third-order valence-corrected chi connectivity index (χ3v) is 2.98. The summed E-state index contributed by atoms with van der Waals surface area (Å²) in [6.45, 7) is 2.19. The van der Waals surface area contributed by atoms with Crippen LogP contribution in [0.4, 0.5) is 15.8 Å². The lowest BCUT2D eigenvalue weighted by Crippen LogP contribution is -2.07. The number of benzene rings is 1. The van der Waals surface area contributed by atoms with Crippen molar-refractivity contribution >= 4 is 11.4 Å². The first-order chi connectivity index (χ1) is 7.22. The summed E-state index contributed by atoms with van der Waals surface area (Å²) in [5.41, 5.74) is 6.61. The maximum atomic E-state index is 13.1. The van der Waals surface area contributed by atoms with Gasteiger partial charge in [0.1, 0.15) is 5.82 Å². The molecule has 0 spiro atoms. The van der Waals surface area contributed by atoms with Crippen LogP contribution in [0.3, 0.4) is 0 Å². The van der Waals surface area contributed by atoms with E-state index in [9.17, 15) is 4.39 Å². The van der Waals surface area contributed by atoms with Gasteiger partial charge in [-0.25, -0.2) is 4.39 Å². The molecule has 1 fully saturated rings. The highest BCUT2D eigenvalue weighted by Gasteiger charge is 2.36. The van der Waals surface area contributed by atoms with Gasteiger partial charge in [-0.1, -0.05) is 19.4 Å². The molecule has 0 bridgehead atoms. The summed E-state index contributed by atoms with van der Waals surface area (Å²) >= 11 is 0. The van der Waals surface area contributed by atoms with Crippen LogP contribution in [0.15, 0.2) is 18.2 Å². The Labute approximate surface area is 89.7 Å². The highest BCUT2D eigenvalue weighted by atomic mass is 19.1. The molecule has 0 radical (unpaired) electrons. The zero-order chi connectivity index (χ0) is 10.8. The van der Waals surface area contributed by atoms with Gasteiger partial charge in [0, 0.05) is 6.04 Å². The molecule has 2 atom stereocenters. The van der Waals surface area contributed by atoms with Crippen LogP contribution < -0.4 is 11.1 Å². The lowest BCUT2D eigenvalue weighted by Gasteiger charge is -2.09. The Morgan fingerprint density at radius 1 is 1.53 bits per heavy atom. The zero-order valence-electron chi connectivity index (χ0n) is 8.96. The molecule has 1 aromatic carbocycles. The van der Waals surface area contributed by atoms with Crippen LogP contribution in [0.2, 0.25) is 0 Å². The molecule has 3 heteroatoms. The molecule has 1 saturated carbocycles. The highest BCUT2D eigenvalue weighted by molar-refractivity contribution is 5.67. The number of anilines is 2. The van der Waals surface area contributed by atoms with E-state index in [4.69, 9.17) is 5.73 Å². The molecule has 15 heavy (non-hydrogen) atoms. The lowest BCUT2D eigenvalue weighted by atomic mass is 10.2. The molecule has 0 saturated heterocycles. The first-order valence-corrected chi connectivity index (χ1v) is 5.53. The van der Waals surface area contributed by atoms with E-state index >= 15 is 0 Å². The largest absolute Gasteiger partial charge is 0.395 e. The van der Waals surface area contributed by atoms with E-state index in [2.05, 4.69) is 12.2 Å². The van der Waals surface area contributed by atoms with Crippen molar-refractivity contribution in [3.8, 4) is 0 Å². The molecule has 0 amide bonds. The molecule has 82 valence electrons. The molecular weight excluding hydrogens is 191 g/mol. The zero-order valence-corrected chi connectivity index (χ0v) is 8.96. The molecule has 2 nitrogen and oxygen atoms in total. The van der Waals surface area contributed by atoms with E-state index in [1.165, 1.54) is 25.3 Å². The van der Waals surface area contributed by atoms with E-state index in [0.717, 1.165) is 11.6 Å². The number of nitrogens with one attached hydrogen (secondary N) is 1. The van der Waals surface area contributed by atoms with Gasteiger partial charge < -0.3 is 11.1 Å². The van der Waals surface area contributed by atoms with E-state index in [1.54, 1.807) is 6.07 Å². The molecule has 2 unspecified atom stereocenters. The van der Waals surface area contributed by atoms with Crippen LogP contribution in [0, 0.1) is 11.7 Å². The fraction of sp³-hybridized carbons (Fsp3) is 0.500. The molecule has 1 aliphatic rings. The molecule has 1 aliphatic carbocycles. The van der Waals surface area contributed by atoms with Crippen molar-refractivity contribution in [2.24, 2.45) is 5.92 Å². The average molecular weight is 208 g/mol. The van der Waals surface area contributed by atoms with Gasteiger partial charge in [0.25, 0.3) is 0 Å². The van der Waals surface area contributed by atoms with Crippen LogP contribution in [-0.2, 0) is 0 Å². The normalized spacial score (nSPS) is 23.9. The van der Waals surface area contributed by atoms with Crippen LogP contribution in [0.5, 0.6) is 0 Å². The smallest absolute Gasteiger partial charge is 0.148 e. The first kappa shape index (κ1) is 10.3. The maximum absolute atomic E-state index is 13.1. The van der Waals surface area contributed by atoms with Gasteiger partial charge in [-0.05, 0) is 30.9 Å². The van der Waals surface area contributed by atoms with Crippen molar-refractivity contribution in [2.75, 3.05) is 11.1 Å². The minimum atomic E-state index is -0.340. The van der Waals surface area contributed by atoms with E-state index in [-0.39, 0.29) is 11.5 Å². The number of hydrogen-bond donors (Lipinski definition) is 2. The summed E-state index contributed by atoms with van der Waals surface area (Å²) in [6.07, 6.45) is 3.64. The third kappa shape index (κ3) is 2.22. The predicted molar refractivity (Wildman–Crippen MR) is 61.2 cm³/mol. The van der Waals surface area contributed by atoms with Gasteiger partial charge in [0.2, 0.25) is 0 Å². The van der Waals surface area contributed by atoms with Crippen molar-refractivity contribution in [2.45, 2.75) is 32.2 Å². The predicted octanol–water partition coefficient (Wildman–Crippen LogP) is 3.01. The summed E-state index contributed by atoms with van der Waals surface area (Å²) in [4.78, 5) is 0. The second-order valence-corrected chi connectivity index (χ2v) is 4.24. The summed E-state index contributed by atoms with van der Waals surface area (Å²) in [6, 6.07) is 5.40. The van der Waals surface area contributed by atoms with Crippen LogP contribution in [0.25, 0.3) is 0 Å². The van der Waals surface area contributed by atoms with Gasteiger partial charge in [-0.15, -0.1) is 0 Å². The lowest BCUT2D eigenvalue weighted by molar-refractivity contribution is 0.632. The third-order valence-electron chi connectivity index (χ3n) is 2.98. The standard InChI is InChI=1S/C12H17FN2/c1-2-4-8-7-11(8)15-10-6-3-5-9(13)12(10)14/h3,5-6,8,11,15H,2,4,7,14H2,1H3. The molecule has 0 aliphatic heterocycles. The number of rotatable bonds is 4. The number of hydrogen-bond acceptors (Lipinski definition) is 2. The van der Waals surface area contributed by atoms with Crippen molar-refractivity contribution in [1.29, 1.82) is 0 Å². The van der Waals surface area contributed by atoms with Gasteiger partial charge in [0.05, 0.1) is 11.4 Å². The van der Waals surface area contributed by atoms with E-state index in [1.807, 2.05) is 6.07 Å². The van der Waals surface area contributed by atoms with Gasteiger partial charge >= 0.3 is 0 Å². The Morgan fingerprint density at radius 3 is 3.07 bits per heavy atom. The quantitative estimate of drug-likeness (QED) is 0.746. The average Bonchev–Trinajstić information content (AvgIpc) is 2.93. The van der Waals surface area contributed by atoms with Crippen molar-refractivity contribution < 1.29 is 4.39 Å².